The van der Waals surface area contributed by atoms with Gasteiger partial charge < -0.3 is 9.30 Å². The van der Waals surface area contributed by atoms with E-state index in [-0.39, 0.29) is 17.9 Å². The number of nitrogens with zero attached hydrogens (tertiary/aromatic N) is 2. The fraction of sp³-hybridized carbons (Fsp3) is 0.143. The Balaban J connectivity index is 2.09. The number of aromatic nitrogens is 1. The summed E-state index contributed by atoms with van der Waals surface area (Å²) in [6, 6.07) is 11.9. The lowest BCUT2D eigenvalue weighted by Gasteiger charge is -2.09. The average molecular weight is 366 g/mol. The lowest BCUT2D eigenvalue weighted by Crippen LogP contribution is -2.10. The van der Waals surface area contributed by atoms with Gasteiger partial charge in [-0.3, -0.25) is 0 Å². The van der Waals surface area contributed by atoms with Crippen molar-refractivity contribution in [3.63, 3.8) is 0 Å². The van der Waals surface area contributed by atoms with Crippen LogP contribution in [0.2, 0.25) is 0 Å². The van der Waals surface area contributed by atoms with Gasteiger partial charge in [0.1, 0.15) is 23.4 Å². The molecule has 0 radical (unpaired) electrons. The Morgan fingerprint density at radius 2 is 1.81 bits per heavy atom. The molecule has 0 amide bonds. The predicted octanol–water partition coefficient (Wildman–Crippen LogP) is 4.69. The molecule has 0 bridgehead atoms. The highest BCUT2D eigenvalue weighted by Crippen LogP contribution is 2.32. The summed E-state index contributed by atoms with van der Waals surface area (Å²) in [4.78, 5) is 12.3. The molecule has 0 saturated carbocycles. The first kappa shape index (κ1) is 18.3. The van der Waals surface area contributed by atoms with Crippen molar-refractivity contribution < 1.29 is 18.3 Å². The number of aryl methyl sites for hydroxylation is 1. The van der Waals surface area contributed by atoms with Gasteiger partial charge in [-0.2, -0.15) is 5.26 Å². The number of rotatable bonds is 4. The third kappa shape index (κ3) is 3.44. The summed E-state index contributed by atoms with van der Waals surface area (Å²) in [6.45, 7) is 1.91. The molecular weight excluding hydrogens is 350 g/mol. The van der Waals surface area contributed by atoms with Crippen LogP contribution in [0.25, 0.3) is 22.3 Å². The first-order valence-electron chi connectivity index (χ1n) is 8.28. The number of ether oxygens (including phenoxy) is 1. The Bertz CT molecular complexity index is 1050. The Morgan fingerprint density at radius 3 is 2.44 bits per heavy atom. The summed E-state index contributed by atoms with van der Waals surface area (Å²) in [7, 11) is 1.66. The molecular formula is C21H16F2N2O2. The standard InChI is InChI=1S/C21H16F2N2O2/c1-3-27-21(26)20-19(15(11-24)12-25(20)2)14-6-4-13(5-7-14)17-10-16(22)8-9-18(17)23/h4-10,12H,3H2,1-2H3. The van der Waals surface area contributed by atoms with Gasteiger partial charge in [-0.25, -0.2) is 13.6 Å². The van der Waals surface area contributed by atoms with E-state index in [0.717, 1.165) is 18.2 Å². The van der Waals surface area contributed by atoms with Crippen molar-refractivity contribution in [1.82, 2.24) is 4.57 Å². The summed E-state index contributed by atoms with van der Waals surface area (Å²) < 4.78 is 34.1. The predicted molar refractivity (Wildman–Crippen MR) is 96.9 cm³/mol. The zero-order chi connectivity index (χ0) is 19.6. The van der Waals surface area contributed by atoms with E-state index < -0.39 is 17.6 Å². The van der Waals surface area contributed by atoms with E-state index in [0.29, 0.717) is 22.3 Å². The van der Waals surface area contributed by atoms with E-state index in [2.05, 4.69) is 6.07 Å². The Kier molecular flexibility index (Phi) is 5.04. The highest BCUT2D eigenvalue weighted by atomic mass is 19.1. The second kappa shape index (κ2) is 7.42. The molecule has 0 spiro atoms. The number of hydrogen-bond acceptors (Lipinski definition) is 3. The zero-order valence-corrected chi connectivity index (χ0v) is 14.8. The van der Waals surface area contributed by atoms with Gasteiger partial charge >= 0.3 is 5.97 Å². The van der Waals surface area contributed by atoms with Crippen molar-refractivity contribution in [1.29, 1.82) is 5.26 Å². The van der Waals surface area contributed by atoms with Crippen LogP contribution in [-0.4, -0.2) is 17.1 Å². The van der Waals surface area contributed by atoms with Crippen LogP contribution in [-0.2, 0) is 11.8 Å². The van der Waals surface area contributed by atoms with Gasteiger partial charge in [0.25, 0.3) is 0 Å². The summed E-state index contributed by atoms with van der Waals surface area (Å²) in [5.41, 5.74) is 2.27. The maximum absolute atomic E-state index is 14.0. The third-order valence-electron chi connectivity index (χ3n) is 4.18. The molecule has 136 valence electrons. The van der Waals surface area contributed by atoms with Crippen LogP contribution in [0, 0.1) is 23.0 Å². The van der Waals surface area contributed by atoms with Crippen LogP contribution >= 0.6 is 0 Å². The molecule has 27 heavy (non-hydrogen) atoms. The minimum Gasteiger partial charge on any atom is -0.461 e. The Hall–Kier alpha value is -3.46. The Labute approximate surface area is 155 Å². The maximum Gasteiger partial charge on any atom is 0.355 e. The van der Waals surface area contributed by atoms with Crippen molar-refractivity contribution in [3.8, 4) is 28.3 Å². The third-order valence-corrected chi connectivity index (χ3v) is 4.18. The molecule has 0 aliphatic heterocycles. The second-order valence-corrected chi connectivity index (χ2v) is 5.91. The second-order valence-electron chi connectivity index (χ2n) is 5.91. The van der Waals surface area contributed by atoms with Gasteiger partial charge in [0.05, 0.1) is 12.2 Å². The monoisotopic (exact) mass is 366 g/mol. The minimum atomic E-state index is -0.534. The zero-order valence-electron chi connectivity index (χ0n) is 14.8. The molecule has 2 aromatic carbocycles. The van der Waals surface area contributed by atoms with E-state index in [4.69, 9.17) is 4.74 Å². The molecule has 6 heteroatoms. The first-order valence-corrected chi connectivity index (χ1v) is 8.28. The molecule has 0 aliphatic rings. The largest absolute Gasteiger partial charge is 0.461 e. The van der Waals surface area contributed by atoms with Crippen molar-refractivity contribution in [2.45, 2.75) is 6.92 Å². The Morgan fingerprint density at radius 1 is 1.15 bits per heavy atom. The molecule has 1 heterocycles. The van der Waals surface area contributed by atoms with Crippen molar-refractivity contribution in [2.75, 3.05) is 6.61 Å². The van der Waals surface area contributed by atoms with Crippen LogP contribution in [0.15, 0.2) is 48.7 Å². The first-order chi connectivity index (χ1) is 13.0. The molecule has 3 rings (SSSR count). The normalized spacial score (nSPS) is 10.5. The molecule has 1 aromatic heterocycles. The quantitative estimate of drug-likeness (QED) is 0.630. The van der Waals surface area contributed by atoms with Gasteiger partial charge in [-0.05, 0) is 36.2 Å². The van der Waals surface area contributed by atoms with Gasteiger partial charge in [0.2, 0.25) is 0 Å². The number of esters is 1. The fourth-order valence-electron chi connectivity index (χ4n) is 2.98. The van der Waals surface area contributed by atoms with Crippen molar-refractivity contribution in [2.24, 2.45) is 7.05 Å². The van der Waals surface area contributed by atoms with Gasteiger partial charge in [0, 0.05) is 24.4 Å². The number of carbonyl (C=O) groups is 1. The molecule has 0 unspecified atom stereocenters. The topological polar surface area (TPSA) is 55.0 Å². The highest BCUT2D eigenvalue weighted by Gasteiger charge is 2.23. The van der Waals surface area contributed by atoms with Crippen molar-refractivity contribution >= 4 is 5.97 Å². The molecule has 0 atom stereocenters. The fourth-order valence-corrected chi connectivity index (χ4v) is 2.98. The van der Waals surface area contributed by atoms with Crippen LogP contribution in [0.3, 0.4) is 0 Å². The summed E-state index contributed by atoms with van der Waals surface area (Å²) in [5.74, 6) is -1.60. The molecule has 0 N–H and O–H groups in total. The molecule has 0 aliphatic carbocycles. The van der Waals surface area contributed by atoms with Gasteiger partial charge in [-0.15, -0.1) is 0 Å². The number of benzene rings is 2. The van der Waals surface area contributed by atoms with Crippen molar-refractivity contribution in [3.05, 3.63) is 71.6 Å². The summed E-state index contributed by atoms with van der Waals surface area (Å²) in [5, 5.41) is 9.42. The average Bonchev–Trinajstić information content (AvgIpc) is 3.00. The molecule has 0 saturated heterocycles. The number of carbonyl (C=O) groups excluding carboxylic acids is 1. The van der Waals surface area contributed by atoms with E-state index in [1.807, 2.05) is 0 Å². The number of halogens is 2. The van der Waals surface area contributed by atoms with Crippen LogP contribution in [0.1, 0.15) is 23.0 Å². The van der Waals surface area contributed by atoms with E-state index >= 15 is 0 Å². The van der Waals surface area contributed by atoms with Crippen LogP contribution in [0.5, 0.6) is 0 Å². The molecule has 4 nitrogen and oxygen atoms in total. The number of nitriles is 1. The molecule has 3 aromatic rings. The summed E-state index contributed by atoms with van der Waals surface area (Å²) >= 11 is 0. The van der Waals surface area contributed by atoms with Gasteiger partial charge in [-0.1, -0.05) is 24.3 Å². The number of hydrogen-bond donors (Lipinski definition) is 0. The lowest BCUT2D eigenvalue weighted by atomic mass is 9.98. The SMILES string of the molecule is CCOC(=O)c1c(-c2ccc(-c3cc(F)ccc3F)cc2)c(C#N)cn1C. The van der Waals surface area contributed by atoms with E-state index in [1.165, 1.54) is 0 Å². The van der Waals surface area contributed by atoms with Crippen LogP contribution < -0.4 is 0 Å². The summed E-state index contributed by atoms with van der Waals surface area (Å²) in [6.07, 6.45) is 1.56. The smallest absolute Gasteiger partial charge is 0.355 e. The lowest BCUT2D eigenvalue weighted by molar-refractivity contribution is 0.0516. The van der Waals surface area contributed by atoms with E-state index in [9.17, 15) is 18.8 Å². The van der Waals surface area contributed by atoms with Crippen LogP contribution in [0.4, 0.5) is 8.78 Å². The molecule has 0 fully saturated rings. The van der Waals surface area contributed by atoms with Gasteiger partial charge in [0.15, 0.2) is 0 Å². The van der Waals surface area contributed by atoms with E-state index in [1.54, 1.807) is 49.0 Å². The highest BCUT2D eigenvalue weighted by molar-refractivity contribution is 5.98. The maximum atomic E-state index is 14.0. The minimum absolute atomic E-state index is 0.140.